The summed E-state index contributed by atoms with van der Waals surface area (Å²) in [5, 5.41) is 7.47. The van der Waals surface area contributed by atoms with E-state index in [2.05, 4.69) is 10.2 Å². The molecule has 126 valence electrons. The van der Waals surface area contributed by atoms with Crippen LogP contribution in [0.4, 0.5) is 0 Å². The van der Waals surface area contributed by atoms with Gasteiger partial charge in [0, 0.05) is 43.5 Å². The largest absolute Gasteiger partial charge is 0.384 e. The topological polar surface area (TPSA) is 71.1 Å². The highest BCUT2D eigenvalue weighted by molar-refractivity contribution is 5.94. The van der Waals surface area contributed by atoms with Gasteiger partial charge in [0.1, 0.15) is 5.82 Å². The molecule has 2 fully saturated rings. The molecule has 24 heavy (non-hydrogen) atoms. The number of carbonyl (C=O) groups excluding carboxylic acids is 1. The summed E-state index contributed by atoms with van der Waals surface area (Å²) in [5.41, 5.74) is 0.727. The van der Waals surface area contributed by atoms with E-state index in [4.69, 9.17) is 9.72 Å². The molecule has 1 N–H and O–H groups in total. The van der Waals surface area contributed by atoms with Gasteiger partial charge < -0.3 is 9.64 Å². The van der Waals surface area contributed by atoms with Crippen molar-refractivity contribution in [2.45, 2.75) is 24.7 Å². The number of amides is 1. The van der Waals surface area contributed by atoms with E-state index < -0.39 is 0 Å². The first kappa shape index (κ1) is 15.3. The Morgan fingerprint density at radius 1 is 1.29 bits per heavy atom. The monoisotopic (exact) mass is 326 g/mol. The minimum atomic E-state index is 0.0705. The Hall–Kier alpha value is -2.21. The van der Waals surface area contributed by atoms with Crippen molar-refractivity contribution in [2.24, 2.45) is 5.92 Å². The standard InChI is InChI=1S/C18H22N4O2/c1-24-11-14-9-22(18(23)13-5-3-2-4-6-13)10-15(14)17-19-16(20-21-17)12-7-8-12/h2-6,12,14-15H,7-11H2,1H3,(H,19,20,21)/t14-,15+/m0/s1. The molecule has 6 heteroatoms. The predicted molar refractivity (Wildman–Crippen MR) is 88.8 cm³/mol. The molecule has 2 aromatic rings. The van der Waals surface area contributed by atoms with Crippen LogP contribution in [0.3, 0.4) is 0 Å². The summed E-state index contributed by atoms with van der Waals surface area (Å²) < 4.78 is 5.38. The van der Waals surface area contributed by atoms with Crippen molar-refractivity contribution < 1.29 is 9.53 Å². The summed E-state index contributed by atoms with van der Waals surface area (Å²) >= 11 is 0. The molecule has 1 aliphatic carbocycles. The van der Waals surface area contributed by atoms with Gasteiger partial charge >= 0.3 is 0 Å². The van der Waals surface area contributed by atoms with Crippen LogP contribution >= 0.6 is 0 Å². The van der Waals surface area contributed by atoms with Crippen LogP contribution < -0.4 is 0 Å². The van der Waals surface area contributed by atoms with Gasteiger partial charge in [0.15, 0.2) is 5.82 Å². The number of rotatable bonds is 5. The van der Waals surface area contributed by atoms with Gasteiger partial charge in [-0.3, -0.25) is 9.89 Å². The molecule has 0 unspecified atom stereocenters. The van der Waals surface area contributed by atoms with E-state index in [0.29, 0.717) is 25.6 Å². The number of H-pyrrole nitrogens is 1. The third-order valence-electron chi connectivity index (χ3n) is 4.94. The van der Waals surface area contributed by atoms with E-state index in [1.165, 1.54) is 12.8 Å². The number of aromatic amines is 1. The van der Waals surface area contributed by atoms with Gasteiger partial charge in [-0.15, -0.1) is 0 Å². The molecule has 2 aliphatic rings. The van der Waals surface area contributed by atoms with E-state index in [0.717, 1.165) is 17.2 Å². The number of hydrogen-bond donors (Lipinski definition) is 1. The number of methoxy groups -OCH3 is 1. The number of ether oxygens (including phenoxy) is 1. The van der Waals surface area contributed by atoms with Crippen molar-refractivity contribution in [2.75, 3.05) is 26.8 Å². The van der Waals surface area contributed by atoms with Crippen molar-refractivity contribution >= 4 is 5.91 Å². The van der Waals surface area contributed by atoms with E-state index >= 15 is 0 Å². The maximum atomic E-state index is 12.7. The molecule has 1 aromatic heterocycles. The molecule has 0 bridgehead atoms. The molecule has 1 saturated carbocycles. The molecule has 1 amide bonds. The van der Waals surface area contributed by atoms with Gasteiger partial charge in [-0.05, 0) is 25.0 Å². The zero-order chi connectivity index (χ0) is 16.5. The van der Waals surface area contributed by atoms with Gasteiger partial charge in [-0.25, -0.2) is 4.98 Å². The minimum absolute atomic E-state index is 0.0705. The molecule has 4 rings (SSSR count). The van der Waals surface area contributed by atoms with Gasteiger partial charge in [0.2, 0.25) is 0 Å². The van der Waals surface area contributed by atoms with Crippen LogP contribution in [0.2, 0.25) is 0 Å². The first-order valence-electron chi connectivity index (χ1n) is 8.51. The average Bonchev–Trinajstić information content (AvgIpc) is 3.20. The van der Waals surface area contributed by atoms with Crippen LogP contribution in [0.15, 0.2) is 30.3 Å². The van der Waals surface area contributed by atoms with Crippen molar-refractivity contribution in [3.63, 3.8) is 0 Å². The first-order valence-corrected chi connectivity index (χ1v) is 8.51. The number of nitrogens with zero attached hydrogens (tertiary/aromatic N) is 3. The maximum absolute atomic E-state index is 12.7. The van der Waals surface area contributed by atoms with Crippen LogP contribution in [0.1, 0.15) is 46.7 Å². The summed E-state index contributed by atoms with van der Waals surface area (Å²) in [6.07, 6.45) is 2.37. The van der Waals surface area contributed by atoms with Gasteiger partial charge in [0.05, 0.1) is 6.61 Å². The van der Waals surface area contributed by atoms with Crippen molar-refractivity contribution in [1.82, 2.24) is 20.1 Å². The fourth-order valence-electron chi connectivity index (χ4n) is 3.47. The Bertz CT molecular complexity index is 711. The van der Waals surface area contributed by atoms with Gasteiger partial charge in [0.25, 0.3) is 5.91 Å². The molecular formula is C18H22N4O2. The molecular weight excluding hydrogens is 304 g/mol. The molecule has 0 spiro atoms. The lowest BCUT2D eigenvalue weighted by Gasteiger charge is -2.16. The molecule has 2 atom stereocenters. The number of aromatic nitrogens is 3. The lowest BCUT2D eigenvalue weighted by Crippen LogP contribution is -2.29. The second-order valence-corrected chi connectivity index (χ2v) is 6.75. The highest BCUT2D eigenvalue weighted by atomic mass is 16.5. The predicted octanol–water partition coefficient (Wildman–Crippen LogP) is 2.18. The van der Waals surface area contributed by atoms with Crippen molar-refractivity contribution in [1.29, 1.82) is 0 Å². The summed E-state index contributed by atoms with van der Waals surface area (Å²) in [4.78, 5) is 19.3. The zero-order valence-electron chi connectivity index (χ0n) is 13.8. The fraction of sp³-hybridized carbons (Fsp3) is 0.500. The van der Waals surface area contributed by atoms with Crippen LogP contribution in [0.25, 0.3) is 0 Å². The lowest BCUT2D eigenvalue weighted by molar-refractivity contribution is 0.0775. The molecule has 1 saturated heterocycles. The summed E-state index contributed by atoms with van der Waals surface area (Å²) in [6.45, 7) is 1.95. The SMILES string of the molecule is COC[C@@H]1CN(C(=O)c2ccccc2)C[C@H]1c1nc(C2CC2)n[nH]1. The number of benzene rings is 1. The van der Waals surface area contributed by atoms with Crippen LogP contribution in [0.5, 0.6) is 0 Å². The second kappa shape index (κ2) is 6.36. The Labute approximate surface area is 141 Å². The second-order valence-electron chi connectivity index (χ2n) is 6.75. The number of hydrogen-bond acceptors (Lipinski definition) is 4. The lowest BCUT2D eigenvalue weighted by atomic mass is 9.96. The zero-order valence-corrected chi connectivity index (χ0v) is 13.8. The van der Waals surface area contributed by atoms with Gasteiger partial charge in [-0.1, -0.05) is 18.2 Å². The van der Waals surface area contributed by atoms with E-state index in [1.807, 2.05) is 35.2 Å². The van der Waals surface area contributed by atoms with Crippen LogP contribution in [-0.2, 0) is 4.74 Å². The summed E-state index contributed by atoms with van der Waals surface area (Å²) in [6, 6.07) is 9.43. The quantitative estimate of drug-likeness (QED) is 0.914. The number of likely N-dealkylation sites (tertiary alicyclic amines) is 1. The molecule has 1 aliphatic heterocycles. The highest BCUT2D eigenvalue weighted by Crippen LogP contribution is 2.39. The Morgan fingerprint density at radius 3 is 2.79 bits per heavy atom. The maximum Gasteiger partial charge on any atom is 0.253 e. The third kappa shape index (κ3) is 2.94. The average molecular weight is 326 g/mol. The summed E-state index contributed by atoms with van der Waals surface area (Å²) in [5.74, 6) is 2.80. The first-order chi connectivity index (χ1) is 11.8. The van der Waals surface area contributed by atoms with Crippen molar-refractivity contribution in [3.8, 4) is 0 Å². The molecule has 2 heterocycles. The Kier molecular flexibility index (Phi) is 4.06. The van der Waals surface area contributed by atoms with Crippen molar-refractivity contribution in [3.05, 3.63) is 47.5 Å². The highest BCUT2D eigenvalue weighted by Gasteiger charge is 2.39. The molecule has 0 radical (unpaired) electrons. The van der Waals surface area contributed by atoms with Crippen LogP contribution in [0, 0.1) is 5.92 Å². The Balaban J connectivity index is 1.53. The normalized spacial score (nSPS) is 23.6. The van der Waals surface area contributed by atoms with Crippen LogP contribution in [-0.4, -0.2) is 52.8 Å². The molecule has 1 aromatic carbocycles. The van der Waals surface area contributed by atoms with E-state index in [9.17, 15) is 4.79 Å². The summed E-state index contributed by atoms with van der Waals surface area (Å²) in [7, 11) is 1.70. The smallest absolute Gasteiger partial charge is 0.253 e. The Morgan fingerprint density at radius 2 is 2.08 bits per heavy atom. The number of nitrogens with one attached hydrogen (secondary N) is 1. The van der Waals surface area contributed by atoms with E-state index in [-0.39, 0.29) is 17.7 Å². The van der Waals surface area contributed by atoms with Gasteiger partial charge in [-0.2, -0.15) is 5.10 Å². The minimum Gasteiger partial charge on any atom is -0.384 e. The number of carbonyl (C=O) groups is 1. The molecule has 6 nitrogen and oxygen atoms in total. The third-order valence-corrected chi connectivity index (χ3v) is 4.94. The van der Waals surface area contributed by atoms with E-state index in [1.54, 1.807) is 7.11 Å². The fourth-order valence-corrected chi connectivity index (χ4v) is 3.47.